The van der Waals surface area contributed by atoms with Crippen LogP contribution in [0.2, 0.25) is 0 Å². The maximum atomic E-state index is 11.1. The zero-order valence-corrected chi connectivity index (χ0v) is 7.47. The minimum atomic E-state index is -0.811. The Labute approximate surface area is 80.2 Å². The van der Waals surface area contributed by atoms with E-state index < -0.39 is 5.97 Å². The number of para-hydroxylation sites is 1. The number of oxime groups is 1. The van der Waals surface area contributed by atoms with Crippen molar-refractivity contribution in [3.63, 3.8) is 0 Å². The predicted octanol–water partition coefficient (Wildman–Crippen LogP) is 0.743. The number of hydrogen-bond acceptors (Lipinski definition) is 5. The van der Waals surface area contributed by atoms with Crippen molar-refractivity contribution in [2.45, 2.75) is 0 Å². The van der Waals surface area contributed by atoms with Gasteiger partial charge in [0.05, 0.1) is 12.7 Å². The first-order chi connectivity index (χ1) is 6.70. The zero-order valence-electron chi connectivity index (χ0n) is 7.47. The van der Waals surface area contributed by atoms with Crippen LogP contribution in [-0.4, -0.2) is 29.1 Å². The Morgan fingerprint density at radius 1 is 1.43 bits per heavy atom. The number of phenols is 1. The molecule has 2 N–H and O–H groups in total. The van der Waals surface area contributed by atoms with Crippen LogP contribution in [0.4, 0.5) is 0 Å². The van der Waals surface area contributed by atoms with E-state index in [9.17, 15) is 9.90 Å². The third-order valence-electron chi connectivity index (χ3n) is 1.64. The second-order valence-electron chi connectivity index (χ2n) is 2.46. The van der Waals surface area contributed by atoms with Crippen LogP contribution < -0.4 is 0 Å². The van der Waals surface area contributed by atoms with Gasteiger partial charge >= 0.3 is 5.97 Å². The van der Waals surface area contributed by atoms with Gasteiger partial charge < -0.3 is 15.1 Å². The van der Waals surface area contributed by atoms with E-state index in [0.29, 0.717) is 0 Å². The lowest BCUT2D eigenvalue weighted by atomic mass is 10.1. The molecule has 5 nitrogen and oxygen atoms in total. The van der Waals surface area contributed by atoms with E-state index in [1.54, 1.807) is 12.1 Å². The molecule has 0 bridgehead atoms. The molecule has 0 saturated carbocycles. The summed E-state index contributed by atoms with van der Waals surface area (Å²) in [5, 5.41) is 20.7. The van der Waals surface area contributed by atoms with Gasteiger partial charge in [-0.15, -0.1) is 0 Å². The lowest BCUT2D eigenvalue weighted by Gasteiger charge is -2.03. The fraction of sp³-hybridized carbons (Fsp3) is 0.111. The van der Waals surface area contributed by atoms with Crippen LogP contribution in [0.1, 0.15) is 5.56 Å². The first kappa shape index (κ1) is 10.0. The molecule has 0 amide bonds. The molecule has 0 aromatic heterocycles. The molecular formula is C9H9NO4. The Kier molecular flexibility index (Phi) is 3.06. The van der Waals surface area contributed by atoms with Gasteiger partial charge in [0.25, 0.3) is 0 Å². The van der Waals surface area contributed by atoms with Gasteiger partial charge in [-0.1, -0.05) is 17.3 Å². The number of ether oxygens (including phenoxy) is 1. The van der Waals surface area contributed by atoms with Gasteiger partial charge in [0.2, 0.25) is 0 Å². The number of rotatable bonds is 2. The topological polar surface area (TPSA) is 79.1 Å². The summed E-state index contributed by atoms with van der Waals surface area (Å²) in [4.78, 5) is 11.1. The largest absolute Gasteiger partial charge is 0.507 e. The molecule has 5 heteroatoms. The number of phenolic OH excluding ortho intramolecular Hbond substituents is 1. The lowest BCUT2D eigenvalue weighted by molar-refractivity contribution is -0.132. The standard InChI is InChI=1S/C9H9NO4/c1-14-9(12)8(10-13)6-4-2-3-5-7(6)11/h2-5,11,13H,1H3/b10-8-. The van der Waals surface area contributed by atoms with Crippen molar-refractivity contribution < 1.29 is 19.8 Å². The monoisotopic (exact) mass is 195 g/mol. The van der Waals surface area contributed by atoms with E-state index in [1.807, 2.05) is 0 Å². The van der Waals surface area contributed by atoms with Crippen molar-refractivity contribution in [2.75, 3.05) is 7.11 Å². The Morgan fingerprint density at radius 3 is 2.57 bits per heavy atom. The number of nitrogens with zero attached hydrogens (tertiary/aromatic N) is 1. The highest BCUT2D eigenvalue weighted by atomic mass is 16.5. The zero-order chi connectivity index (χ0) is 10.6. The number of carbonyl (C=O) groups is 1. The van der Waals surface area contributed by atoms with E-state index in [0.717, 1.165) is 7.11 Å². The van der Waals surface area contributed by atoms with Crippen molar-refractivity contribution >= 4 is 11.7 Å². The molecule has 0 unspecified atom stereocenters. The molecule has 1 rings (SSSR count). The summed E-state index contributed by atoms with van der Waals surface area (Å²) in [7, 11) is 1.16. The summed E-state index contributed by atoms with van der Waals surface area (Å²) >= 11 is 0. The van der Waals surface area contributed by atoms with Gasteiger partial charge in [-0.25, -0.2) is 4.79 Å². The van der Waals surface area contributed by atoms with Crippen LogP contribution in [0.3, 0.4) is 0 Å². The highest BCUT2D eigenvalue weighted by Gasteiger charge is 2.17. The van der Waals surface area contributed by atoms with Crippen LogP contribution in [-0.2, 0) is 9.53 Å². The smallest absolute Gasteiger partial charge is 0.360 e. The Morgan fingerprint density at radius 2 is 2.07 bits per heavy atom. The number of esters is 1. The second-order valence-corrected chi connectivity index (χ2v) is 2.46. The third kappa shape index (κ3) is 1.82. The van der Waals surface area contributed by atoms with Gasteiger partial charge in [0.1, 0.15) is 5.75 Å². The van der Waals surface area contributed by atoms with Crippen LogP contribution in [0.15, 0.2) is 29.4 Å². The average molecular weight is 195 g/mol. The molecule has 0 aliphatic rings. The van der Waals surface area contributed by atoms with Gasteiger partial charge in [-0.2, -0.15) is 0 Å². The number of methoxy groups -OCH3 is 1. The average Bonchev–Trinajstić information content (AvgIpc) is 2.21. The minimum Gasteiger partial charge on any atom is -0.507 e. The first-order valence-electron chi connectivity index (χ1n) is 3.79. The summed E-state index contributed by atoms with van der Waals surface area (Å²) in [6, 6.07) is 6.01. The SMILES string of the molecule is COC(=O)/C(=N\O)c1ccccc1O. The van der Waals surface area contributed by atoms with Crippen molar-refractivity contribution in [2.24, 2.45) is 5.16 Å². The third-order valence-corrected chi connectivity index (χ3v) is 1.64. The van der Waals surface area contributed by atoms with E-state index in [2.05, 4.69) is 9.89 Å². The fourth-order valence-electron chi connectivity index (χ4n) is 0.975. The lowest BCUT2D eigenvalue weighted by Crippen LogP contribution is -2.17. The van der Waals surface area contributed by atoms with E-state index in [1.165, 1.54) is 12.1 Å². The molecular weight excluding hydrogens is 186 g/mol. The molecule has 0 saturated heterocycles. The maximum Gasteiger partial charge on any atom is 0.360 e. The Bertz CT molecular complexity index is 373. The number of carbonyl (C=O) groups excluding carboxylic acids is 1. The number of aromatic hydroxyl groups is 1. The van der Waals surface area contributed by atoms with Crippen molar-refractivity contribution in [3.8, 4) is 5.75 Å². The van der Waals surface area contributed by atoms with Gasteiger partial charge in [-0.05, 0) is 12.1 Å². The maximum absolute atomic E-state index is 11.1. The molecule has 0 atom stereocenters. The molecule has 14 heavy (non-hydrogen) atoms. The molecule has 0 fully saturated rings. The van der Waals surface area contributed by atoms with Crippen LogP contribution in [0.25, 0.3) is 0 Å². The quantitative estimate of drug-likeness (QED) is 0.316. The Balaban J connectivity index is 3.15. The van der Waals surface area contributed by atoms with E-state index in [4.69, 9.17) is 5.21 Å². The van der Waals surface area contributed by atoms with Crippen molar-refractivity contribution in [1.29, 1.82) is 0 Å². The molecule has 0 spiro atoms. The molecule has 0 aliphatic carbocycles. The van der Waals surface area contributed by atoms with Gasteiger partial charge in [0, 0.05) is 0 Å². The summed E-state index contributed by atoms with van der Waals surface area (Å²) in [6.07, 6.45) is 0. The van der Waals surface area contributed by atoms with E-state index in [-0.39, 0.29) is 17.0 Å². The van der Waals surface area contributed by atoms with E-state index >= 15 is 0 Å². The summed E-state index contributed by atoms with van der Waals surface area (Å²) in [6.45, 7) is 0. The normalized spacial score (nSPS) is 11.1. The predicted molar refractivity (Wildman–Crippen MR) is 48.4 cm³/mol. The highest BCUT2D eigenvalue weighted by molar-refractivity contribution is 6.43. The van der Waals surface area contributed by atoms with Crippen LogP contribution >= 0.6 is 0 Å². The molecule has 0 aliphatic heterocycles. The molecule has 74 valence electrons. The highest BCUT2D eigenvalue weighted by Crippen LogP contribution is 2.16. The first-order valence-corrected chi connectivity index (χ1v) is 3.79. The summed E-state index contributed by atoms with van der Waals surface area (Å²) in [5.41, 5.74) is -0.201. The summed E-state index contributed by atoms with van der Waals surface area (Å²) < 4.78 is 4.37. The van der Waals surface area contributed by atoms with Gasteiger partial charge in [-0.3, -0.25) is 0 Å². The molecule has 1 aromatic rings. The Hall–Kier alpha value is -2.04. The summed E-state index contributed by atoms with van der Waals surface area (Å²) in [5.74, 6) is -0.959. The van der Waals surface area contributed by atoms with Gasteiger partial charge in [0.15, 0.2) is 5.71 Å². The van der Waals surface area contributed by atoms with Crippen molar-refractivity contribution in [3.05, 3.63) is 29.8 Å². The van der Waals surface area contributed by atoms with Crippen LogP contribution in [0, 0.1) is 0 Å². The van der Waals surface area contributed by atoms with Crippen LogP contribution in [0.5, 0.6) is 5.75 Å². The molecule has 0 radical (unpaired) electrons. The number of hydrogen-bond donors (Lipinski definition) is 2. The molecule has 0 heterocycles. The van der Waals surface area contributed by atoms with Crippen molar-refractivity contribution in [1.82, 2.24) is 0 Å². The molecule has 1 aromatic carbocycles. The fourth-order valence-corrected chi connectivity index (χ4v) is 0.975. The minimum absolute atomic E-state index is 0.127. The number of benzene rings is 1. The second kappa shape index (κ2) is 4.27.